The Morgan fingerprint density at radius 2 is 1.96 bits per heavy atom. The highest BCUT2D eigenvalue weighted by Crippen LogP contribution is 2.34. The molecule has 148 valence electrons. The molecule has 0 aromatic carbocycles. The van der Waals surface area contributed by atoms with Gasteiger partial charge in [-0.25, -0.2) is 0 Å². The Balaban J connectivity index is 0.00000312. The lowest BCUT2D eigenvalue weighted by molar-refractivity contribution is 0.271. The summed E-state index contributed by atoms with van der Waals surface area (Å²) < 4.78 is 12.1. The van der Waals surface area contributed by atoms with Gasteiger partial charge in [-0.05, 0) is 59.0 Å². The van der Waals surface area contributed by atoms with Crippen molar-refractivity contribution in [2.45, 2.75) is 69.7 Å². The van der Waals surface area contributed by atoms with E-state index in [0.29, 0.717) is 17.3 Å². The fourth-order valence-corrected chi connectivity index (χ4v) is 5.01. The summed E-state index contributed by atoms with van der Waals surface area (Å²) >= 11 is 0. The highest BCUT2D eigenvalue weighted by Gasteiger charge is 2.32. The zero-order valence-electron chi connectivity index (χ0n) is 16.3. The SMILES string of the molecule is CCNC(=NCC(C1CC1)N(C)C)NC1CCCC(S(=O)CC)C1.I. The largest absolute Gasteiger partial charge is 0.357 e. The third kappa shape index (κ3) is 7.71. The van der Waals surface area contributed by atoms with Gasteiger partial charge in [-0.2, -0.15) is 0 Å². The zero-order chi connectivity index (χ0) is 17.5. The maximum absolute atomic E-state index is 12.1. The lowest BCUT2D eigenvalue weighted by atomic mass is 9.95. The molecule has 0 heterocycles. The first-order valence-corrected chi connectivity index (χ1v) is 11.0. The molecule has 2 fully saturated rings. The van der Waals surface area contributed by atoms with Gasteiger partial charge in [-0.3, -0.25) is 9.20 Å². The minimum absolute atomic E-state index is 0. The summed E-state index contributed by atoms with van der Waals surface area (Å²) in [6.45, 7) is 5.86. The van der Waals surface area contributed by atoms with Crippen molar-refractivity contribution < 1.29 is 4.21 Å². The number of likely N-dealkylation sites (N-methyl/N-ethyl adjacent to an activating group) is 1. The second-order valence-electron chi connectivity index (χ2n) is 7.39. The number of halogens is 1. The summed E-state index contributed by atoms with van der Waals surface area (Å²) in [5, 5.41) is 7.34. The zero-order valence-corrected chi connectivity index (χ0v) is 19.4. The molecule has 0 spiro atoms. The Morgan fingerprint density at radius 3 is 2.52 bits per heavy atom. The van der Waals surface area contributed by atoms with Gasteiger partial charge in [0, 0.05) is 40.4 Å². The second-order valence-corrected chi connectivity index (χ2v) is 9.39. The van der Waals surface area contributed by atoms with Crippen LogP contribution in [0.25, 0.3) is 0 Å². The van der Waals surface area contributed by atoms with Gasteiger partial charge in [0.2, 0.25) is 0 Å². The van der Waals surface area contributed by atoms with Crippen LogP contribution in [0.1, 0.15) is 52.4 Å². The standard InChI is InChI=1S/C18H36N4OS.HI/c1-5-19-18(20-13-17(22(3)4)14-10-11-14)21-15-8-7-9-16(12-15)24(23)6-2;/h14-17H,5-13H2,1-4H3,(H2,19,20,21);1H. The summed E-state index contributed by atoms with van der Waals surface area (Å²) in [5.74, 6) is 2.52. The first-order chi connectivity index (χ1) is 11.5. The van der Waals surface area contributed by atoms with Crippen LogP contribution in [0.4, 0.5) is 0 Å². The Morgan fingerprint density at radius 1 is 1.24 bits per heavy atom. The predicted molar refractivity (Wildman–Crippen MR) is 119 cm³/mol. The maximum atomic E-state index is 12.1. The molecule has 0 aliphatic heterocycles. The third-order valence-corrected chi connectivity index (χ3v) is 6.97. The minimum Gasteiger partial charge on any atom is -0.357 e. The number of nitrogens with one attached hydrogen (secondary N) is 2. The third-order valence-electron chi connectivity index (χ3n) is 5.23. The molecule has 2 rings (SSSR count). The van der Waals surface area contributed by atoms with E-state index in [-0.39, 0.29) is 24.0 Å². The van der Waals surface area contributed by atoms with E-state index in [9.17, 15) is 4.21 Å². The van der Waals surface area contributed by atoms with Crippen LogP contribution >= 0.6 is 24.0 Å². The van der Waals surface area contributed by atoms with E-state index in [0.717, 1.165) is 56.4 Å². The highest BCUT2D eigenvalue weighted by atomic mass is 127. The average Bonchev–Trinajstić information content (AvgIpc) is 3.39. The normalized spacial score (nSPS) is 26.7. The van der Waals surface area contributed by atoms with E-state index < -0.39 is 10.8 Å². The molecule has 2 N–H and O–H groups in total. The first-order valence-electron chi connectivity index (χ1n) is 9.63. The van der Waals surface area contributed by atoms with Gasteiger partial charge in [0.05, 0.1) is 6.54 Å². The molecule has 5 nitrogen and oxygen atoms in total. The van der Waals surface area contributed by atoms with E-state index >= 15 is 0 Å². The number of rotatable bonds is 8. The molecular weight excluding hydrogens is 447 g/mol. The van der Waals surface area contributed by atoms with Crippen LogP contribution < -0.4 is 10.6 Å². The van der Waals surface area contributed by atoms with Crippen molar-refractivity contribution in [3.05, 3.63) is 0 Å². The summed E-state index contributed by atoms with van der Waals surface area (Å²) in [6, 6.07) is 0.947. The molecule has 0 amide bonds. The Labute approximate surface area is 173 Å². The molecule has 25 heavy (non-hydrogen) atoms. The number of aliphatic imine (C=N–C) groups is 1. The van der Waals surface area contributed by atoms with Gasteiger partial charge in [0.1, 0.15) is 0 Å². The molecule has 0 saturated heterocycles. The van der Waals surface area contributed by atoms with E-state index in [1.165, 1.54) is 12.8 Å². The summed E-state index contributed by atoms with van der Waals surface area (Å²) in [5.41, 5.74) is 0. The molecule has 4 unspecified atom stereocenters. The molecule has 0 radical (unpaired) electrons. The summed E-state index contributed by atoms with van der Waals surface area (Å²) in [6.07, 6.45) is 7.11. The fourth-order valence-electron chi connectivity index (χ4n) is 3.66. The van der Waals surface area contributed by atoms with Crippen molar-refractivity contribution in [3.63, 3.8) is 0 Å². The lowest BCUT2D eigenvalue weighted by Crippen LogP contribution is -2.47. The number of hydrogen-bond donors (Lipinski definition) is 2. The van der Waals surface area contributed by atoms with Gasteiger partial charge < -0.3 is 15.5 Å². The van der Waals surface area contributed by atoms with Crippen LogP contribution in [0.2, 0.25) is 0 Å². The van der Waals surface area contributed by atoms with E-state index in [2.05, 4.69) is 36.6 Å². The van der Waals surface area contributed by atoms with Crippen molar-refractivity contribution in [2.75, 3.05) is 32.9 Å². The molecule has 0 bridgehead atoms. The van der Waals surface area contributed by atoms with Crippen LogP contribution in [0.5, 0.6) is 0 Å². The van der Waals surface area contributed by atoms with Crippen LogP contribution in [-0.4, -0.2) is 65.3 Å². The van der Waals surface area contributed by atoms with E-state index in [4.69, 9.17) is 4.99 Å². The first kappa shape index (κ1) is 23.1. The Hall–Kier alpha value is 0.110. The summed E-state index contributed by atoms with van der Waals surface area (Å²) in [7, 11) is 3.64. The van der Waals surface area contributed by atoms with Gasteiger partial charge >= 0.3 is 0 Å². The second kappa shape index (κ2) is 11.7. The quantitative estimate of drug-likeness (QED) is 0.316. The molecular formula is C18H37IN4OS. The monoisotopic (exact) mass is 484 g/mol. The lowest BCUT2D eigenvalue weighted by Gasteiger charge is -2.30. The molecule has 0 aromatic heterocycles. The molecule has 2 aliphatic rings. The summed E-state index contributed by atoms with van der Waals surface area (Å²) in [4.78, 5) is 7.17. The molecule has 2 aliphatic carbocycles. The van der Waals surface area contributed by atoms with Crippen LogP contribution in [0.3, 0.4) is 0 Å². The van der Waals surface area contributed by atoms with Gasteiger partial charge in [0.15, 0.2) is 5.96 Å². The maximum Gasteiger partial charge on any atom is 0.191 e. The van der Waals surface area contributed by atoms with Crippen molar-refractivity contribution in [1.82, 2.24) is 15.5 Å². The molecule has 2 saturated carbocycles. The van der Waals surface area contributed by atoms with Crippen LogP contribution in [0.15, 0.2) is 4.99 Å². The molecule has 0 aromatic rings. The topological polar surface area (TPSA) is 56.7 Å². The van der Waals surface area contributed by atoms with Crippen molar-refractivity contribution >= 4 is 40.7 Å². The van der Waals surface area contributed by atoms with Crippen molar-refractivity contribution in [2.24, 2.45) is 10.9 Å². The Bertz CT molecular complexity index is 441. The van der Waals surface area contributed by atoms with Gasteiger partial charge in [-0.1, -0.05) is 13.3 Å². The fraction of sp³-hybridized carbons (Fsp3) is 0.944. The Kier molecular flexibility index (Phi) is 10.9. The van der Waals surface area contributed by atoms with E-state index in [1.54, 1.807) is 0 Å². The molecule has 7 heteroatoms. The van der Waals surface area contributed by atoms with Crippen molar-refractivity contribution in [3.8, 4) is 0 Å². The molecule has 4 atom stereocenters. The smallest absolute Gasteiger partial charge is 0.191 e. The predicted octanol–water partition coefficient (Wildman–Crippen LogP) is 2.58. The van der Waals surface area contributed by atoms with Gasteiger partial charge in [-0.15, -0.1) is 24.0 Å². The van der Waals surface area contributed by atoms with Crippen LogP contribution in [-0.2, 0) is 10.8 Å². The van der Waals surface area contributed by atoms with Crippen LogP contribution in [0, 0.1) is 5.92 Å². The number of hydrogen-bond acceptors (Lipinski definition) is 3. The minimum atomic E-state index is -0.675. The van der Waals surface area contributed by atoms with Gasteiger partial charge in [0.25, 0.3) is 0 Å². The van der Waals surface area contributed by atoms with Crippen molar-refractivity contribution in [1.29, 1.82) is 0 Å². The van der Waals surface area contributed by atoms with E-state index in [1.807, 2.05) is 6.92 Å². The number of nitrogens with zero attached hydrogens (tertiary/aromatic N) is 2. The average molecular weight is 484 g/mol. The highest BCUT2D eigenvalue weighted by molar-refractivity contribution is 14.0. The number of guanidine groups is 1.